The Hall–Kier alpha value is -2.47. The number of carbonyl (C=O) groups is 1. The van der Waals surface area contributed by atoms with Crippen LogP contribution in [0.4, 0.5) is 4.79 Å². The SMILES string of the molecule is C#CCN(C(=O)O)C(C)c1cccc2ccccc12. The minimum Gasteiger partial charge on any atom is -0.465 e. The summed E-state index contributed by atoms with van der Waals surface area (Å²) in [6, 6.07) is 13.5. The molecule has 1 atom stereocenters. The molecule has 2 rings (SSSR count). The summed E-state index contributed by atoms with van der Waals surface area (Å²) in [6.07, 6.45) is 4.24. The van der Waals surface area contributed by atoms with Crippen molar-refractivity contribution in [3.8, 4) is 12.3 Å². The maximum Gasteiger partial charge on any atom is 0.408 e. The van der Waals surface area contributed by atoms with Gasteiger partial charge in [0.1, 0.15) is 0 Å². The lowest BCUT2D eigenvalue weighted by Gasteiger charge is -2.25. The van der Waals surface area contributed by atoms with Gasteiger partial charge in [-0.25, -0.2) is 4.79 Å². The lowest BCUT2D eigenvalue weighted by atomic mass is 9.99. The van der Waals surface area contributed by atoms with Gasteiger partial charge < -0.3 is 5.11 Å². The molecule has 0 heterocycles. The van der Waals surface area contributed by atoms with Crippen molar-refractivity contribution >= 4 is 16.9 Å². The second-order valence-corrected chi connectivity index (χ2v) is 4.36. The predicted molar refractivity (Wildman–Crippen MR) is 75.9 cm³/mol. The van der Waals surface area contributed by atoms with Gasteiger partial charge in [0.05, 0.1) is 12.6 Å². The molecule has 0 aliphatic heterocycles. The number of hydrogen-bond acceptors (Lipinski definition) is 1. The van der Waals surface area contributed by atoms with Crippen LogP contribution in [0.15, 0.2) is 42.5 Å². The van der Waals surface area contributed by atoms with Crippen LogP contribution in [0.5, 0.6) is 0 Å². The lowest BCUT2D eigenvalue weighted by Crippen LogP contribution is -2.32. The van der Waals surface area contributed by atoms with Crippen LogP contribution in [0.25, 0.3) is 10.8 Å². The van der Waals surface area contributed by atoms with Gasteiger partial charge in [-0.15, -0.1) is 6.42 Å². The molecule has 2 aromatic rings. The van der Waals surface area contributed by atoms with E-state index in [0.29, 0.717) is 0 Å². The third-order valence-electron chi connectivity index (χ3n) is 3.25. The number of fused-ring (bicyclic) bond motifs is 1. The quantitative estimate of drug-likeness (QED) is 0.850. The van der Waals surface area contributed by atoms with Gasteiger partial charge in [0.15, 0.2) is 0 Å². The Balaban J connectivity index is 2.49. The Morgan fingerprint density at radius 1 is 1.32 bits per heavy atom. The van der Waals surface area contributed by atoms with Crippen molar-refractivity contribution in [3.63, 3.8) is 0 Å². The van der Waals surface area contributed by atoms with E-state index < -0.39 is 6.09 Å². The number of hydrogen-bond donors (Lipinski definition) is 1. The van der Waals surface area contributed by atoms with Crippen molar-refractivity contribution in [2.75, 3.05) is 6.54 Å². The topological polar surface area (TPSA) is 40.5 Å². The van der Waals surface area contributed by atoms with Crippen molar-refractivity contribution in [1.82, 2.24) is 4.90 Å². The summed E-state index contributed by atoms with van der Waals surface area (Å²) >= 11 is 0. The minimum absolute atomic E-state index is 0.0831. The second kappa shape index (κ2) is 5.45. The molecule has 2 aromatic carbocycles. The summed E-state index contributed by atoms with van der Waals surface area (Å²) in [5.41, 5.74) is 0.968. The molecule has 0 fully saturated rings. The molecule has 3 heteroatoms. The molecule has 96 valence electrons. The maximum absolute atomic E-state index is 11.3. The Morgan fingerprint density at radius 2 is 2.00 bits per heavy atom. The molecule has 0 aliphatic rings. The summed E-state index contributed by atoms with van der Waals surface area (Å²) < 4.78 is 0. The standard InChI is InChI=1S/C16H15NO2/c1-3-11-17(16(18)19)12(2)14-10-6-8-13-7-4-5-9-15(13)14/h1,4-10,12H,11H2,2H3,(H,18,19). The fourth-order valence-corrected chi connectivity index (χ4v) is 2.25. The Labute approximate surface area is 112 Å². The van der Waals surface area contributed by atoms with Gasteiger partial charge in [0.2, 0.25) is 0 Å². The van der Waals surface area contributed by atoms with E-state index in [0.717, 1.165) is 16.3 Å². The van der Waals surface area contributed by atoms with Crippen molar-refractivity contribution in [1.29, 1.82) is 0 Å². The van der Waals surface area contributed by atoms with Gasteiger partial charge >= 0.3 is 6.09 Å². The number of carboxylic acid groups (broad SMARTS) is 1. The first-order valence-electron chi connectivity index (χ1n) is 6.06. The van der Waals surface area contributed by atoms with Crippen LogP contribution in [0.1, 0.15) is 18.5 Å². The number of amides is 1. The molecule has 3 nitrogen and oxygen atoms in total. The van der Waals surface area contributed by atoms with Crippen LogP contribution in [0, 0.1) is 12.3 Å². The third-order valence-corrected chi connectivity index (χ3v) is 3.25. The number of benzene rings is 2. The van der Waals surface area contributed by atoms with Crippen LogP contribution >= 0.6 is 0 Å². The Morgan fingerprint density at radius 3 is 2.68 bits per heavy atom. The van der Waals surface area contributed by atoms with E-state index in [2.05, 4.69) is 5.92 Å². The Bertz CT molecular complexity index is 637. The van der Waals surface area contributed by atoms with E-state index in [1.165, 1.54) is 4.90 Å². The first-order valence-corrected chi connectivity index (χ1v) is 6.06. The molecule has 19 heavy (non-hydrogen) atoms. The fraction of sp³-hybridized carbons (Fsp3) is 0.188. The molecule has 0 radical (unpaired) electrons. The second-order valence-electron chi connectivity index (χ2n) is 4.36. The van der Waals surface area contributed by atoms with E-state index in [-0.39, 0.29) is 12.6 Å². The highest BCUT2D eigenvalue weighted by atomic mass is 16.4. The van der Waals surface area contributed by atoms with Crippen LogP contribution in [0.3, 0.4) is 0 Å². The molecule has 0 saturated heterocycles. The summed E-state index contributed by atoms with van der Waals surface area (Å²) in [5.74, 6) is 2.39. The number of nitrogens with zero attached hydrogens (tertiary/aromatic N) is 1. The molecule has 1 unspecified atom stereocenters. The maximum atomic E-state index is 11.3. The number of rotatable bonds is 3. The highest BCUT2D eigenvalue weighted by Gasteiger charge is 2.21. The molecule has 1 N–H and O–H groups in total. The summed E-state index contributed by atoms with van der Waals surface area (Å²) in [4.78, 5) is 12.5. The molecular formula is C16H15NO2. The normalized spacial score (nSPS) is 11.8. The zero-order chi connectivity index (χ0) is 13.8. The minimum atomic E-state index is -1.00. The van der Waals surface area contributed by atoms with Crippen molar-refractivity contribution in [3.05, 3.63) is 48.0 Å². The van der Waals surface area contributed by atoms with E-state index in [1.54, 1.807) is 0 Å². The predicted octanol–water partition coefficient (Wildman–Crippen LogP) is 3.51. The van der Waals surface area contributed by atoms with E-state index in [9.17, 15) is 9.90 Å². The Kier molecular flexibility index (Phi) is 3.72. The molecule has 0 bridgehead atoms. The van der Waals surface area contributed by atoms with Gasteiger partial charge in [-0.1, -0.05) is 48.4 Å². The zero-order valence-electron chi connectivity index (χ0n) is 10.7. The summed E-state index contributed by atoms with van der Waals surface area (Å²) in [7, 11) is 0. The van der Waals surface area contributed by atoms with Gasteiger partial charge in [-0.3, -0.25) is 4.90 Å². The largest absolute Gasteiger partial charge is 0.465 e. The highest BCUT2D eigenvalue weighted by Crippen LogP contribution is 2.27. The van der Waals surface area contributed by atoms with E-state index in [4.69, 9.17) is 6.42 Å². The van der Waals surface area contributed by atoms with Gasteiger partial charge in [0.25, 0.3) is 0 Å². The van der Waals surface area contributed by atoms with Crippen LogP contribution in [-0.2, 0) is 0 Å². The van der Waals surface area contributed by atoms with Crippen LogP contribution in [0.2, 0.25) is 0 Å². The molecule has 1 amide bonds. The van der Waals surface area contributed by atoms with Gasteiger partial charge in [0, 0.05) is 0 Å². The number of terminal acetylenes is 1. The van der Waals surface area contributed by atoms with Gasteiger partial charge in [-0.2, -0.15) is 0 Å². The van der Waals surface area contributed by atoms with Crippen molar-refractivity contribution in [2.24, 2.45) is 0 Å². The first kappa shape index (κ1) is 13.0. The van der Waals surface area contributed by atoms with Crippen LogP contribution in [-0.4, -0.2) is 22.6 Å². The average molecular weight is 253 g/mol. The average Bonchev–Trinajstić information content (AvgIpc) is 2.43. The van der Waals surface area contributed by atoms with E-state index in [1.807, 2.05) is 49.4 Å². The van der Waals surface area contributed by atoms with Gasteiger partial charge in [-0.05, 0) is 23.3 Å². The lowest BCUT2D eigenvalue weighted by molar-refractivity contribution is 0.136. The molecule has 0 spiro atoms. The van der Waals surface area contributed by atoms with E-state index >= 15 is 0 Å². The van der Waals surface area contributed by atoms with Crippen molar-refractivity contribution < 1.29 is 9.90 Å². The molecule has 0 saturated carbocycles. The first-order chi connectivity index (χ1) is 9.15. The molecular weight excluding hydrogens is 238 g/mol. The summed E-state index contributed by atoms with van der Waals surface area (Å²) in [6.45, 7) is 1.94. The zero-order valence-corrected chi connectivity index (χ0v) is 10.7. The molecule has 0 aliphatic carbocycles. The monoisotopic (exact) mass is 253 g/mol. The highest BCUT2D eigenvalue weighted by molar-refractivity contribution is 5.86. The molecule has 0 aromatic heterocycles. The smallest absolute Gasteiger partial charge is 0.408 e. The van der Waals surface area contributed by atoms with Crippen molar-refractivity contribution in [2.45, 2.75) is 13.0 Å². The van der Waals surface area contributed by atoms with Crippen LogP contribution < -0.4 is 0 Å². The fourth-order valence-electron chi connectivity index (χ4n) is 2.25. The summed E-state index contributed by atoms with van der Waals surface area (Å²) in [5, 5.41) is 11.4. The third kappa shape index (κ3) is 2.53.